The van der Waals surface area contributed by atoms with Gasteiger partial charge in [-0.1, -0.05) is 0 Å². The van der Waals surface area contributed by atoms with Crippen LogP contribution in [0, 0.1) is 0 Å². The Bertz CT molecular complexity index is 936. The van der Waals surface area contributed by atoms with Crippen molar-refractivity contribution in [1.29, 1.82) is 0 Å². The fourth-order valence-electron chi connectivity index (χ4n) is 3.40. The number of sulfonamides is 1. The Morgan fingerprint density at radius 1 is 1.07 bits per heavy atom. The van der Waals surface area contributed by atoms with Crippen molar-refractivity contribution in [3.63, 3.8) is 0 Å². The summed E-state index contributed by atoms with van der Waals surface area (Å²) in [6, 6.07) is 13.4. The SMILES string of the molecule is CCOC(=O)CN(c1ccc(OC2CCCC2)cc1)S(=O)(=O)c1ccc(SC)cc1. The van der Waals surface area contributed by atoms with Crippen molar-refractivity contribution in [2.45, 2.75) is 48.5 Å². The highest BCUT2D eigenvalue weighted by atomic mass is 32.2. The number of carbonyl (C=O) groups is 1. The van der Waals surface area contributed by atoms with Crippen LogP contribution in [0.3, 0.4) is 0 Å². The monoisotopic (exact) mass is 449 g/mol. The lowest BCUT2D eigenvalue weighted by Crippen LogP contribution is -2.36. The lowest BCUT2D eigenvalue weighted by atomic mass is 10.2. The van der Waals surface area contributed by atoms with Gasteiger partial charge in [-0.05, 0) is 87.4 Å². The molecular weight excluding hydrogens is 422 g/mol. The third kappa shape index (κ3) is 5.49. The van der Waals surface area contributed by atoms with E-state index in [4.69, 9.17) is 9.47 Å². The molecule has 1 aliphatic carbocycles. The van der Waals surface area contributed by atoms with E-state index < -0.39 is 22.5 Å². The van der Waals surface area contributed by atoms with Crippen LogP contribution in [-0.4, -0.2) is 39.9 Å². The zero-order chi connectivity index (χ0) is 21.6. The lowest BCUT2D eigenvalue weighted by Gasteiger charge is -2.24. The highest BCUT2D eigenvalue weighted by molar-refractivity contribution is 7.98. The molecule has 8 heteroatoms. The third-order valence-electron chi connectivity index (χ3n) is 4.96. The van der Waals surface area contributed by atoms with Crippen LogP contribution in [0.15, 0.2) is 58.3 Å². The molecule has 0 aliphatic heterocycles. The zero-order valence-electron chi connectivity index (χ0n) is 17.2. The summed E-state index contributed by atoms with van der Waals surface area (Å²) < 4.78 is 38.7. The first kappa shape index (κ1) is 22.5. The minimum absolute atomic E-state index is 0.121. The molecule has 2 aromatic rings. The molecular formula is C22H27NO5S2. The van der Waals surface area contributed by atoms with Crippen LogP contribution < -0.4 is 9.04 Å². The number of carbonyl (C=O) groups excluding carboxylic acids is 1. The second kappa shape index (κ2) is 10.2. The number of thioether (sulfide) groups is 1. The molecule has 6 nitrogen and oxygen atoms in total. The molecule has 0 radical (unpaired) electrons. The first-order valence-corrected chi connectivity index (χ1v) is 12.7. The van der Waals surface area contributed by atoms with Crippen molar-refractivity contribution in [2.24, 2.45) is 0 Å². The summed E-state index contributed by atoms with van der Waals surface area (Å²) in [5.41, 5.74) is 0.385. The molecule has 0 amide bonds. The van der Waals surface area contributed by atoms with Crippen molar-refractivity contribution in [1.82, 2.24) is 0 Å². The van der Waals surface area contributed by atoms with E-state index in [9.17, 15) is 13.2 Å². The Labute approximate surface area is 182 Å². The highest BCUT2D eigenvalue weighted by Gasteiger charge is 2.28. The average Bonchev–Trinajstić information content (AvgIpc) is 3.26. The van der Waals surface area contributed by atoms with Gasteiger partial charge in [-0.3, -0.25) is 9.10 Å². The largest absolute Gasteiger partial charge is 0.490 e. The molecule has 2 aromatic carbocycles. The smallest absolute Gasteiger partial charge is 0.326 e. The van der Waals surface area contributed by atoms with Gasteiger partial charge in [0.15, 0.2) is 0 Å². The topological polar surface area (TPSA) is 72.9 Å². The summed E-state index contributed by atoms with van der Waals surface area (Å²) in [5.74, 6) is 0.0940. The molecule has 0 saturated heterocycles. The second-order valence-electron chi connectivity index (χ2n) is 7.01. The average molecular weight is 450 g/mol. The molecule has 0 heterocycles. The van der Waals surface area contributed by atoms with Crippen molar-refractivity contribution in [3.8, 4) is 5.75 Å². The van der Waals surface area contributed by atoms with E-state index in [1.54, 1.807) is 55.5 Å². The van der Waals surface area contributed by atoms with Crippen molar-refractivity contribution in [3.05, 3.63) is 48.5 Å². The quantitative estimate of drug-likeness (QED) is 0.415. The van der Waals surface area contributed by atoms with Crippen LogP contribution in [-0.2, 0) is 19.6 Å². The number of anilines is 1. The van der Waals surface area contributed by atoms with Gasteiger partial charge in [0, 0.05) is 4.90 Å². The summed E-state index contributed by atoms with van der Waals surface area (Å²) in [7, 11) is -3.95. The maximum atomic E-state index is 13.3. The van der Waals surface area contributed by atoms with E-state index in [1.807, 2.05) is 6.26 Å². The van der Waals surface area contributed by atoms with Gasteiger partial charge < -0.3 is 9.47 Å². The molecule has 0 N–H and O–H groups in total. The number of hydrogen-bond donors (Lipinski definition) is 0. The Hall–Kier alpha value is -2.19. The molecule has 0 bridgehead atoms. The van der Waals surface area contributed by atoms with E-state index in [0.717, 1.165) is 22.0 Å². The fourth-order valence-corrected chi connectivity index (χ4v) is 5.22. The molecule has 162 valence electrons. The maximum absolute atomic E-state index is 13.3. The Morgan fingerprint density at radius 3 is 2.27 bits per heavy atom. The summed E-state index contributed by atoms with van der Waals surface area (Å²) in [5, 5.41) is 0. The van der Waals surface area contributed by atoms with E-state index in [0.29, 0.717) is 11.4 Å². The number of nitrogens with zero attached hydrogens (tertiary/aromatic N) is 1. The molecule has 1 saturated carbocycles. The predicted molar refractivity (Wildman–Crippen MR) is 119 cm³/mol. The third-order valence-corrected chi connectivity index (χ3v) is 7.49. The zero-order valence-corrected chi connectivity index (χ0v) is 18.9. The fraction of sp³-hybridized carbons (Fsp3) is 0.409. The molecule has 1 fully saturated rings. The van der Waals surface area contributed by atoms with Gasteiger partial charge in [0.05, 0.1) is 23.3 Å². The number of hydrogen-bond acceptors (Lipinski definition) is 6. The van der Waals surface area contributed by atoms with Crippen LogP contribution >= 0.6 is 11.8 Å². The van der Waals surface area contributed by atoms with Crippen LogP contribution in [0.4, 0.5) is 5.69 Å². The predicted octanol–water partition coefficient (Wildman–Crippen LogP) is 4.49. The standard InChI is InChI=1S/C22H27NO5S2/c1-3-27-22(24)16-23(30(25,26)21-14-12-20(29-2)13-15-21)17-8-10-19(11-9-17)28-18-6-4-5-7-18/h8-15,18H,3-7,16H2,1-2H3. The first-order valence-electron chi connectivity index (χ1n) is 10.0. The van der Waals surface area contributed by atoms with Gasteiger partial charge in [0.25, 0.3) is 10.0 Å². The van der Waals surface area contributed by atoms with Gasteiger partial charge in [-0.15, -0.1) is 11.8 Å². The van der Waals surface area contributed by atoms with Crippen LogP contribution in [0.1, 0.15) is 32.6 Å². The molecule has 0 atom stereocenters. The van der Waals surface area contributed by atoms with Gasteiger partial charge in [-0.2, -0.15) is 0 Å². The van der Waals surface area contributed by atoms with Crippen molar-refractivity contribution < 1.29 is 22.7 Å². The number of rotatable bonds is 9. The Balaban J connectivity index is 1.88. The lowest BCUT2D eigenvalue weighted by molar-refractivity contribution is -0.141. The summed E-state index contributed by atoms with van der Waals surface area (Å²) in [6.45, 7) is 1.47. The summed E-state index contributed by atoms with van der Waals surface area (Å²) >= 11 is 1.53. The highest BCUT2D eigenvalue weighted by Crippen LogP contribution is 2.29. The van der Waals surface area contributed by atoms with Gasteiger partial charge in [-0.25, -0.2) is 8.42 Å². The van der Waals surface area contributed by atoms with E-state index >= 15 is 0 Å². The molecule has 0 spiro atoms. The van der Waals surface area contributed by atoms with Crippen LogP contribution in [0.2, 0.25) is 0 Å². The molecule has 0 unspecified atom stereocenters. The van der Waals surface area contributed by atoms with Gasteiger partial charge in [0.1, 0.15) is 12.3 Å². The van der Waals surface area contributed by atoms with Crippen molar-refractivity contribution >= 4 is 33.4 Å². The summed E-state index contributed by atoms with van der Waals surface area (Å²) in [4.78, 5) is 13.2. The van der Waals surface area contributed by atoms with Crippen LogP contribution in [0.5, 0.6) is 5.75 Å². The first-order chi connectivity index (χ1) is 14.4. The van der Waals surface area contributed by atoms with E-state index in [-0.39, 0.29) is 17.6 Å². The Morgan fingerprint density at radius 2 is 1.70 bits per heavy atom. The van der Waals surface area contributed by atoms with Crippen LogP contribution in [0.25, 0.3) is 0 Å². The van der Waals surface area contributed by atoms with E-state index in [1.165, 1.54) is 24.6 Å². The minimum atomic E-state index is -3.95. The Kier molecular flexibility index (Phi) is 7.66. The number of esters is 1. The number of ether oxygens (including phenoxy) is 2. The minimum Gasteiger partial charge on any atom is -0.490 e. The normalized spacial score (nSPS) is 14.5. The summed E-state index contributed by atoms with van der Waals surface area (Å²) in [6.07, 6.45) is 6.55. The maximum Gasteiger partial charge on any atom is 0.326 e. The molecule has 1 aliphatic rings. The molecule has 3 rings (SSSR count). The van der Waals surface area contributed by atoms with Gasteiger partial charge in [0.2, 0.25) is 0 Å². The van der Waals surface area contributed by atoms with Gasteiger partial charge >= 0.3 is 5.97 Å². The molecule has 30 heavy (non-hydrogen) atoms. The number of benzene rings is 2. The van der Waals surface area contributed by atoms with Crippen molar-refractivity contribution in [2.75, 3.05) is 23.7 Å². The molecule has 0 aromatic heterocycles. The van der Waals surface area contributed by atoms with E-state index in [2.05, 4.69) is 0 Å². The second-order valence-corrected chi connectivity index (χ2v) is 9.75.